The average Bonchev–Trinajstić information content (AvgIpc) is 3.01. The number of ether oxygens (including phenoxy) is 1. The van der Waals surface area contributed by atoms with Gasteiger partial charge in [0.1, 0.15) is 6.10 Å². The molecular formula is C23H28N3O3+. The van der Waals surface area contributed by atoms with E-state index in [2.05, 4.69) is 10.5 Å². The lowest BCUT2D eigenvalue weighted by atomic mass is 9.85. The third kappa shape index (κ3) is 4.90. The molecule has 0 saturated heterocycles. The molecule has 0 spiro atoms. The van der Waals surface area contributed by atoms with Gasteiger partial charge in [-0.15, -0.1) is 0 Å². The van der Waals surface area contributed by atoms with Crippen LogP contribution >= 0.6 is 0 Å². The standard InChI is InChI=1S/C23H27N3O3/c1-5-17(22-18-13-9-10-14-19(18)23(28)29-22)21(16-11-7-6-8-12-16)25-24-20(27)15-26(2,3)4/h6-14,17,22H,5,15H2,1-4H3/p+1/b25-21+. The fraction of sp³-hybridized carbons (Fsp3) is 0.348. The Morgan fingerprint density at radius 1 is 1.10 bits per heavy atom. The van der Waals surface area contributed by atoms with Crippen LogP contribution in [0.4, 0.5) is 0 Å². The number of nitrogens with one attached hydrogen (secondary N) is 1. The molecule has 1 heterocycles. The third-order valence-corrected chi connectivity index (χ3v) is 4.87. The fourth-order valence-corrected chi connectivity index (χ4v) is 3.58. The second-order valence-electron chi connectivity index (χ2n) is 8.27. The zero-order chi connectivity index (χ0) is 21.0. The van der Waals surface area contributed by atoms with Gasteiger partial charge in [-0.3, -0.25) is 4.79 Å². The molecule has 2 aromatic carbocycles. The molecule has 152 valence electrons. The van der Waals surface area contributed by atoms with E-state index in [-0.39, 0.29) is 17.8 Å². The van der Waals surface area contributed by atoms with Crippen LogP contribution in [0, 0.1) is 5.92 Å². The van der Waals surface area contributed by atoms with Crippen LogP contribution in [0.5, 0.6) is 0 Å². The first kappa shape index (κ1) is 20.7. The van der Waals surface area contributed by atoms with E-state index in [4.69, 9.17) is 4.74 Å². The molecule has 1 amide bonds. The van der Waals surface area contributed by atoms with E-state index in [9.17, 15) is 9.59 Å². The van der Waals surface area contributed by atoms with Crippen molar-refractivity contribution in [2.24, 2.45) is 11.0 Å². The number of fused-ring (bicyclic) bond motifs is 1. The van der Waals surface area contributed by atoms with Crippen molar-refractivity contribution >= 4 is 17.6 Å². The van der Waals surface area contributed by atoms with Gasteiger partial charge >= 0.3 is 5.97 Å². The fourth-order valence-electron chi connectivity index (χ4n) is 3.58. The van der Waals surface area contributed by atoms with E-state index in [1.807, 2.05) is 76.6 Å². The van der Waals surface area contributed by atoms with Gasteiger partial charge in [-0.05, 0) is 18.1 Å². The maximum Gasteiger partial charge on any atom is 0.339 e. The first-order valence-electron chi connectivity index (χ1n) is 9.82. The van der Waals surface area contributed by atoms with E-state index in [0.29, 0.717) is 28.7 Å². The molecule has 6 nitrogen and oxygen atoms in total. The summed E-state index contributed by atoms with van der Waals surface area (Å²) in [5.41, 5.74) is 5.77. The molecule has 0 fully saturated rings. The Morgan fingerprint density at radius 2 is 1.76 bits per heavy atom. The van der Waals surface area contributed by atoms with Crippen LogP contribution in [0.3, 0.4) is 0 Å². The molecule has 0 radical (unpaired) electrons. The second-order valence-corrected chi connectivity index (χ2v) is 8.27. The van der Waals surface area contributed by atoms with Crippen LogP contribution < -0.4 is 5.43 Å². The summed E-state index contributed by atoms with van der Waals surface area (Å²) in [7, 11) is 5.85. The van der Waals surface area contributed by atoms with Crippen molar-refractivity contribution < 1.29 is 18.8 Å². The molecule has 1 N–H and O–H groups in total. The number of quaternary nitrogens is 1. The van der Waals surface area contributed by atoms with Crippen LogP contribution in [-0.4, -0.2) is 49.8 Å². The van der Waals surface area contributed by atoms with Crippen molar-refractivity contribution in [3.05, 3.63) is 71.3 Å². The van der Waals surface area contributed by atoms with Gasteiger partial charge in [0.05, 0.1) is 32.4 Å². The summed E-state index contributed by atoms with van der Waals surface area (Å²) < 4.78 is 6.25. The minimum absolute atomic E-state index is 0.162. The van der Waals surface area contributed by atoms with Gasteiger partial charge in [-0.2, -0.15) is 5.10 Å². The predicted octanol–water partition coefficient (Wildman–Crippen LogP) is 3.15. The molecule has 3 rings (SSSR count). The van der Waals surface area contributed by atoms with Gasteiger partial charge < -0.3 is 9.22 Å². The normalized spacial score (nSPS) is 17.4. The van der Waals surface area contributed by atoms with E-state index in [1.54, 1.807) is 6.07 Å². The predicted molar refractivity (Wildman–Crippen MR) is 112 cm³/mol. The maximum atomic E-state index is 12.4. The smallest absolute Gasteiger partial charge is 0.339 e. The summed E-state index contributed by atoms with van der Waals surface area (Å²) in [6.07, 6.45) is 0.267. The number of esters is 1. The number of carbonyl (C=O) groups excluding carboxylic acids is 2. The minimum Gasteiger partial charge on any atom is -0.453 e. The highest BCUT2D eigenvalue weighted by Gasteiger charge is 2.38. The van der Waals surface area contributed by atoms with E-state index < -0.39 is 6.10 Å². The van der Waals surface area contributed by atoms with Crippen LogP contribution in [0.2, 0.25) is 0 Å². The van der Waals surface area contributed by atoms with E-state index in [1.165, 1.54) is 0 Å². The molecule has 1 aliphatic rings. The lowest BCUT2D eigenvalue weighted by Gasteiger charge is -2.25. The number of hydrazone groups is 1. The van der Waals surface area contributed by atoms with Crippen molar-refractivity contribution in [1.29, 1.82) is 0 Å². The minimum atomic E-state index is -0.432. The average molecular weight is 394 g/mol. The first-order valence-corrected chi connectivity index (χ1v) is 9.82. The number of nitrogens with zero attached hydrogens (tertiary/aromatic N) is 2. The van der Waals surface area contributed by atoms with E-state index in [0.717, 1.165) is 11.1 Å². The summed E-state index contributed by atoms with van der Waals surface area (Å²) in [6, 6.07) is 17.1. The van der Waals surface area contributed by atoms with Gasteiger partial charge in [0.25, 0.3) is 5.91 Å². The Balaban J connectivity index is 1.96. The van der Waals surface area contributed by atoms with Crippen LogP contribution in [-0.2, 0) is 9.53 Å². The molecule has 2 unspecified atom stereocenters. The molecular weight excluding hydrogens is 366 g/mol. The highest BCUT2D eigenvalue weighted by atomic mass is 16.5. The molecule has 2 aromatic rings. The van der Waals surface area contributed by atoms with Gasteiger partial charge in [0.2, 0.25) is 0 Å². The van der Waals surface area contributed by atoms with Gasteiger partial charge in [-0.25, -0.2) is 10.2 Å². The molecule has 0 saturated carbocycles. The van der Waals surface area contributed by atoms with Gasteiger partial charge in [0.15, 0.2) is 6.54 Å². The number of amides is 1. The molecule has 29 heavy (non-hydrogen) atoms. The lowest BCUT2D eigenvalue weighted by molar-refractivity contribution is -0.862. The van der Waals surface area contributed by atoms with Crippen molar-refractivity contribution in [1.82, 2.24) is 5.43 Å². The Labute approximate surface area is 171 Å². The molecule has 6 heteroatoms. The van der Waals surface area contributed by atoms with Crippen molar-refractivity contribution in [2.45, 2.75) is 19.4 Å². The second kappa shape index (κ2) is 8.57. The molecule has 0 aromatic heterocycles. The number of rotatable bonds is 7. The Morgan fingerprint density at radius 3 is 2.41 bits per heavy atom. The van der Waals surface area contributed by atoms with Crippen LogP contribution in [0.1, 0.15) is 40.9 Å². The lowest BCUT2D eigenvalue weighted by Crippen LogP contribution is -2.43. The summed E-state index contributed by atoms with van der Waals surface area (Å²) in [4.78, 5) is 24.7. The SMILES string of the molecule is CCC(/C(=N/NC(=O)C[N+](C)(C)C)c1ccccc1)C1OC(=O)c2ccccc21. The topological polar surface area (TPSA) is 67.8 Å². The first-order chi connectivity index (χ1) is 13.8. The number of hydrogen-bond donors (Lipinski definition) is 1. The summed E-state index contributed by atoms with van der Waals surface area (Å²) in [5.74, 6) is -0.662. The van der Waals surface area contributed by atoms with Crippen molar-refractivity contribution in [2.75, 3.05) is 27.7 Å². The van der Waals surface area contributed by atoms with Crippen LogP contribution in [0.15, 0.2) is 59.7 Å². The highest BCUT2D eigenvalue weighted by molar-refractivity contribution is 6.04. The maximum absolute atomic E-state index is 12.4. The van der Waals surface area contributed by atoms with E-state index >= 15 is 0 Å². The molecule has 2 atom stereocenters. The Kier molecular flexibility index (Phi) is 6.13. The highest BCUT2D eigenvalue weighted by Crippen LogP contribution is 2.39. The largest absolute Gasteiger partial charge is 0.453 e. The number of likely N-dealkylation sites (N-methyl/N-ethyl adjacent to an activating group) is 1. The number of hydrogen-bond acceptors (Lipinski definition) is 4. The molecule has 0 bridgehead atoms. The number of cyclic esters (lactones) is 1. The Hall–Kier alpha value is -2.99. The number of carbonyl (C=O) groups is 2. The monoisotopic (exact) mass is 394 g/mol. The van der Waals surface area contributed by atoms with Gasteiger partial charge in [0, 0.05) is 11.5 Å². The molecule has 0 aliphatic carbocycles. The number of benzene rings is 2. The van der Waals surface area contributed by atoms with Crippen molar-refractivity contribution in [3.63, 3.8) is 0 Å². The van der Waals surface area contributed by atoms with Crippen molar-refractivity contribution in [3.8, 4) is 0 Å². The third-order valence-electron chi connectivity index (χ3n) is 4.87. The zero-order valence-corrected chi connectivity index (χ0v) is 17.4. The Bertz CT molecular complexity index is 916. The zero-order valence-electron chi connectivity index (χ0n) is 17.4. The summed E-state index contributed by atoms with van der Waals surface area (Å²) in [5, 5.41) is 4.51. The van der Waals surface area contributed by atoms with Crippen LogP contribution in [0.25, 0.3) is 0 Å². The van der Waals surface area contributed by atoms with Gasteiger partial charge in [-0.1, -0.05) is 55.5 Å². The summed E-state index contributed by atoms with van der Waals surface area (Å²) >= 11 is 0. The summed E-state index contributed by atoms with van der Waals surface area (Å²) in [6.45, 7) is 2.34. The quantitative estimate of drug-likeness (QED) is 0.339. The molecule has 1 aliphatic heterocycles.